The van der Waals surface area contributed by atoms with Crippen LogP contribution in [-0.2, 0) is 0 Å². The van der Waals surface area contributed by atoms with Gasteiger partial charge in [0.25, 0.3) is 0 Å². The molecule has 2 rings (SSSR count). The molecule has 0 fully saturated rings. The number of thiocarbonyl (C=S) groups is 1. The summed E-state index contributed by atoms with van der Waals surface area (Å²) in [5.41, 5.74) is 2.82. The average Bonchev–Trinajstić information content (AvgIpc) is 2.55. The van der Waals surface area contributed by atoms with Gasteiger partial charge in [-0.25, -0.2) is 4.39 Å². The Morgan fingerprint density at radius 3 is 2.48 bits per heavy atom. The van der Waals surface area contributed by atoms with Crippen molar-refractivity contribution in [3.8, 4) is 0 Å². The molecule has 2 aromatic rings. The summed E-state index contributed by atoms with van der Waals surface area (Å²) in [4.78, 5) is 2.26. The summed E-state index contributed by atoms with van der Waals surface area (Å²) >= 11 is 5.21. The van der Waals surface area contributed by atoms with E-state index in [1.165, 1.54) is 17.3 Å². The van der Waals surface area contributed by atoms with Gasteiger partial charge in [-0.15, -0.1) is 0 Å². The third-order valence-corrected chi connectivity index (χ3v) is 3.82. The number of para-hydroxylation sites is 1. The number of hydrogen-bond acceptors (Lipinski definition) is 2. The minimum absolute atomic E-state index is 0.313. The third-order valence-electron chi connectivity index (χ3n) is 3.57. The maximum atomic E-state index is 13.6. The van der Waals surface area contributed by atoms with Crippen molar-refractivity contribution in [1.29, 1.82) is 0 Å². The summed E-state index contributed by atoms with van der Waals surface area (Å²) < 4.78 is 13.6. The first kappa shape index (κ1) is 17.2. The number of anilines is 2. The summed E-state index contributed by atoms with van der Waals surface area (Å²) in [5, 5.41) is 6.42. The molecule has 0 radical (unpaired) electrons. The Hall–Kier alpha value is -2.14. The van der Waals surface area contributed by atoms with Crippen molar-refractivity contribution in [1.82, 2.24) is 5.32 Å². The number of benzene rings is 2. The number of aryl methyl sites for hydroxylation is 1. The zero-order valence-electron chi connectivity index (χ0n) is 13.5. The second kappa shape index (κ2) is 8.48. The van der Waals surface area contributed by atoms with Gasteiger partial charge in [0.05, 0.1) is 5.69 Å². The number of nitrogens with zero attached hydrogens (tertiary/aromatic N) is 1. The summed E-state index contributed by atoms with van der Waals surface area (Å²) in [6, 6.07) is 14.9. The van der Waals surface area contributed by atoms with Crippen molar-refractivity contribution in [2.24, 2.45) is 0 Å². The highest BCUT2D eigenvalue weighted by Gasteiger charge is 2.05. The molecule has 0 saturated carbocycles. The fourth-order valence-electron chi connectivity index (χ4n) is 2.26. The van der Waals surface area contributed by atoms with Gasteiger partial charge in [0.1, 0.15) is 5.82 Å². The second-order valence-electron chi connectivity index (χ2n) is 5.28. The molecule has 0 amide bonds. The molecule has 0 aliphatic carbocycles. The van der Waals surface area contributed by atoms with Crippen LogP contribution in [0.15, 0.2) is 48.5 Å². The Morgan fingerprint density at radius 1 is 1.13 bits per heavy atom. The standard InChI is InChI=1S/C18H22FN3S/c1-3-22(15-10-8-14(2)9-11-15)13-12-20-18(23)21-17-7-5-4-6-16(17)19/h4-11H,3,12-13H2,1-2H3,(H2,20,21,23). The fraction of sp³-hybridized carbons (Fsp3) is 0.278. The molecule has 0 spiro atoms. The lowest BCUT2D eigenvalue weighted by Gasteiger charge is -2.24. The molecule has 0 aliphatic rings. The number of likely N-dealkylation sites (N-methyl/N-ethyl adjacent to an activating group) is 1. The molecule has 2 N–H and O–H groups in total. The Balaban J connectivity index is 1.82. The number of rotatable bonds is 6. The monoisotopic (exact) mass is 331 g/mol. The SMILES string of the molecule is CCN(CCNC(=S)Nc1ccccc1F)c1ccc(C)cc1. The van der Waals surface area contributed by atoms with Gasteiger partial charge >= 0.3 is 0 Å². The fourth-order valence-corrected chi connectivity index (χ4v) is 2.47. The van der Waals surface area contributed by atoms with Crippen LogP contribution in [0.25, 0.3) is 0 Å². The number of hydrogen-bond donors (Lipinski definition) is 2. The Morgan fingerprint density at radius 2 is 1.83 bits per heavy atom. The lowest BCUT2D eigenvalue weighted by Crippen LogP contribution is -2.37. The van der Waals surface area contributed by atoms with Crippen LogP contribution in [0.2, 0.25) is 0 Å². The van der Waals surface area contributed by atoms with Gasteiger partial charge in [-0.05, 0) is 50.3 Å². The van der Waals surface area contributed by atoms with Crippen LogP contribution < -0.4 is 15.5 Å². The van der Waals surface area contributed by atoms with E-state index in [0.29, 0.717) is 17.3 Å². The van der Waals surface area contributed by atoms with E-state index >= 15 is 0 Å². The average molecular weight is 331 g/mol. The van der Waals surface area contributed by atoms with Gasteiger partial charge in [-0.2, -0.15) is 0 Å². The molecule has 0 heterocycles. The first-order valence-electron chi connectivity index (χ1n) is 7.71. The van der Waals surface area contributed by atoms with E-state index < -0.39 is 0 Å². The molecule has 5 heteroatoms. The van der Waals surface area contributed by atoms with Crippen molar-refractivity contribution in [2.75, 3.05) is 29.9 Å². The van der Waals surface area contributed by atoms with Crippen LogP contribution in [0.5, 0.6) is 0 Å². The largest absolute Gasteiger partial charge is 0.370 e. The second-order valence-corrected chi connectivity index (χ2v) is 5.68. The van der Waals surface area contributed by atoms with Crippen molar-refractivity contribution in [3.05, 3.63) is 59.9 Å². The molecule has 0 aromatic heterocycles. The van der Waals surface area contributed by atoms with Crippen LogP contribution in [0.3, 0.4) is 0 Å². The molecular weight excluding hydrogens is 309 g/mol. The first-order valence-corrected chi connectivity index (χ1v) is 8.12. The maximum Gasteiger partial charge on any atom is 0.170 e. The number of halogens is 1. The Bertz CT molecular complexity index is 643. The van der Waals surface area contributed by atoms with Gasteiger partial charge in [0.2, 0.25) is 0 Å². The van der Waals surface area contributed by atoms with E-state index in [1.54, 1.807) is 18.2 Å². The normalized spacial score (nSPS) is 10.2. The van der Waals surface area contributed by atoms with Crippen LogP contribution in [-0.4, -0.2) is 24.7 Å². The van der Waals surface area contributed by atoms with Crippen LogP contribution in [0, 0.1) is 12.7 Å². The molecule has 2 aromatic carbocycles. The molecule has 3 nitrogen and oxygen atoms in total. The quantitative estimate of drug-likeness (QED) is 0.784. The van der Waals surface area contributed by atoms with E-state index in [1.807, 2.05) is 0 Å². The Kier molecular flexibility index (Phi) is 6.35. The van der Waals surface area contributed by atoms with Crippen molar-refractivity contribution >= 4 is 28.7 Å². The molecule has 122 valence electrons. The minimum atomic E-state index is -0.313. The van der Waals surface area contributed by atoms with E-state index in [4.69, 9.17) is 12.2 Å². The minimum Gasteiger partial charge on any atom is -0.370 e. The molecule has 23 heavy (non-hydrogen) atoms. The van der Waals surface area contributed by atoms with Gasteiger partial charge in [0, 0.05) is 25.3 Å². The van der Waals surface area contributed by atoms with Crippen LogP contribution in [0.1, 0.15) is 12.5 Å². The molecular formula is C18H22FN3S. The molecule has 0 atom stereocenters. The third kappa shape index (κ3) is 5.21. The Labute approximate surface area is 142 Å². The molecule has 0 bridgehead atoms. The van der Waals surface area contributed by atoms with E-state index in [2.05, 4.69) is 53.6 Å². The van der Waals surface area contributed by atoms with E-state index in [0.717, 1.165) is 13.1 Å². The smallest absolute Gasteiger partial charge is 0.170 e. The van der Waals surface area contributed by atoms with Crippen LogP contribution >= 0.6 is 12.2 Å². The topological polar surface area (TPSA) is 27.3 Å². The summed E-state index contributed by atoms with van der Waals surface area (Å²) in [5.74, 6) is -0.313. The van der Waals surface area contributed by atoms with E-state index in [9.17, 15) is 4.39 Å². The zero-order chi connectivity index (χ0) is 16.7. The van der Waals surface area contributed by atoms with Crippen molar-refractivity contribution < 1.29 is 4.39 Å². The van der Waals surface area contributed by atoms with Gasteiger partial charge in [0.15, 0.2) is 5.11 Å². The summed E-state index contributed by atoms with van der Waals surface area (Å²) in [6.45, 7) is 6.61. The lowest BCUT2D eigenvalue weighted by atomic mass is 10.2. The van der Waals surface area contributed by atoms with Crippen molar-refractivity contribution in [2.45, 2.75) is 13.8 Å². The predicted octanol–water partition coefficient (Wildman–Crippen LogP) is 3.95. The first-order chi connectivity index (χ1) is 11.1. The van der Waals surface area contributed by atoms with Crippen molar-refractivity contribution in [3.63, 3.8) is 0 Å². The highest BCUT2D eigenvalue weighted by molar-refractivity contribution is 7.80. The van der Waals surface area contributed by atoms with Gasteiger partial charge in [-0.3, -0.25) is 0 Å². The highest BCUT2D eigenvalue weighted by atomic mass is 32.1. The molecule has 0 saturated heterocycles. The number of nitrogens with one attached hydrogen (secondary N) is 2. The summed E-state index contributed by atoms with van der Waals surface area (Å²) in [7, 11) is 0. The molecule has 0 aliphatic heterocycles. The van der Waals surface area contributed by atoms with Crippen LogP contribution in [0.4, 0.5) is 15.8 Å². The maximum absolute atomic E-state index is 13.6. The van der Waals surface area contributed by atoms with Gasteiger partial charge < -0.3 is 15.5 Å². The molecule has 0 unspecified atom stereocenters. The van der Waals surface area contributed by atoms with Gasteiger partial charge in [-0.1, -0.05) is 29.8 Å². The summed E-state index contributed by atoms with van der Waals surface area (Å²) in [6.07, 6.45) is 0. The lowest BCUT2D eigenvalue weighted by molar-refractivity contribution is 0.632. The predicted molar refractivity (Wildman–Crippen MR) is 99.7 cm³/mol. The highest BCUT2D eigenvalue weighted by Crippen LogP contribution is 2.14. The zero-order valence-corrected chi connectivity index (χ0v) is 14.3. The van der Waals surface area contributed by atoms with E-state index in [-0.39, 0.29) is 5.82 Å².